The Bertz CT molecular complexity index is 1060. The maximum absolute atomic E-state index is 12.8. The molecule has 2 aliphatic rings. The molecular weight excluding hydrogens is 400 g/mol. The fourth-order valence-corrected chi connectivity index (χ4v) is 4.67. The summed E-state index contributed by atoms with van der Waals surface area (Å²) in [4.78, 5) is 22.0. The van der Waals surface area contributed by atoms with Gasteiger partial charge in [-0.25, -0.2) is 4.98 Å². The number of fused-ring (bicyclic) bond motifs is 1. The molecule has 0 spiro atoms. The smallest absolute Gasteiger partial charge is 0.227 e. The van der Waals surface area contributed by atoms with E-state index < -0.39 is 0 Å². The Kier molecular flexibility index (Phi) is 5.46. The molecular formula is C23H25ClN4O2. The Morgan fingerprint density at radius 3 is 2.73 bits per heavy atom. The zero-order chi connectivity index (χ0) is 20.5. The predicted molar refractivity (Wildman–Crippen MR) is 118 cm³/mol. The minimum absolute atomic E-state index is 0.0635. The number of aromatic nitrogens is 2. The van der Waals surface area contributed by atoms with Gasteiger partial charge in [0.05, 0.1) is 24.2 Å². The molecule has 7 heteroatoms. The largest absolute Gasteiger partial charge is 0.379 e. The van der Waals surface area contributed by atoms with Crippen molar-refractivity contribution in [3.63, 3.8) is 0 Å². The first-order valence-corrected chi connectivity index (χ1v) is 10.9. The van der Waals surface area contributed by atoms with Crippen molar-refractivity contribution in [2.24, 2.45) is 0 Å². The normalized spacial score (nSPS) is 20.4. The van der Waals surface area contributed by atoms with E-state index >= 15 is 0 Å². The van der Waals surface area contributed by atoms with Crippen LogP contribution in [-0.4, -0.2) is 59.8 Å². The molecule has 0 saturated carbocycles. The van der Waals surface area contributed by atoms with E-state index in [0.717, 1.165) is 61.9 Å². The van der Waals surface area contributed by atoms with Crippen LogP contribution in [0.2, 0.25) is 5.02 Å². The Morgan fingerprint density at radius 1 is 1.07 bits per heavy atom. The number of hydrogen-bond acceptors (Lipinski definition) is 4. The van der Waals surface area contributed by atoms with Crippen molar-refractivity contribution in [2.75, 3.05) is 44.3 Å². The fourth-order valence-electron chi connectivity index (χ4n) is 4.48. The molecule has 3 heterocycles. The van der Waals surface area contributed by atoms with Crippen LogP contribution in [0.25, 0.3) is 11.0 Å². The lowest BCUT2D eigenvalue weighted by atomic mass is 10.1. The first-order valence-electron chi connectivity index (χ1n) is 10.5. The molecule has 156 valence electrons. The van der Waals surface area contributed by atoms with Crippen LogP contribution in [0.1, 0.15) is 18.2 Å². The van der Waals surface area contributed by atoms with Gasteiger partial charge >= 0.3 is 0 Å². The molecule has 2 saturated heterocycles. The number of ether oxygens (including phenoxy) is 1. The van der Waals surface area contributed by atoms with E-state index in [9.17, 15) is 4.79 Å². The van der Waals surface area contributed by atoms with Gasteiger partial charge in [0, 0.05) is 55.8 Å². The quantitative estimate of drug-likeness (QED) is 0.628. The number of nitrogens with zero attached hydrogens (tertiary/aromatic N) is 4. The van der Waals surface area contributed by atoms with Crippen molar-refractivity contribution in [3.8, 4) is 0 Å². The van der Waals surface area contributed by atoms with Crippen LogP contribution < -0.4 is 4.90 Å². The standard InChI is InChI=1S/C23H25ClN4O2/c24-18-4-3-5-19(15-18)28-16-17(14-22(28)29)23-25-20-6-1-2-7-21(20)27(23)9-8-26-10-12-30-13-11-26/h1-7,15,17H,8-14,16H2. The zero-order valence-electron chi connectivity index (χ0n) is 16.8. The van der Waals surface area contributed by atoms with Gasteiger partial charge in [0.2, 0.25) is 5.91 Å². The number of carbonyl (C=O) groups excluding carboxylic acids is 1. The topological polar surface area (TPSA) is 50.6 Å². The van der Waals surface area contributed by atoms with Crippen molar-refractivity contribution in [1.29, 1.82) is 0 Å². The lowest BCUT2D eigenvalue weighted by molar-refractivity contribution is -0.117. The minimum Gasteiger partial charge on any atom is -0.379 e. The summed E-state index contributed by atoms with van der Waals surface area (Å²) in [6, 6.07) is 15.7. The second-order valence-electron chi connectivity index (χ2n) is 7.95. The van der Waals surface area contributed by atoms with Gasteiger partial charge in [0.1, 0.15) is 5.82 Å². The molecule has 0 N–H and O–H groups in total. The van der Waals surface area contributed by atoms with Crippen LogP contribution in [0.4, 0.5) is 5.69 Å². The van der Waals surface area contributed by atoms with E-state index in [1.807, 2.05) is 35.2 Å². The summed E-state index contributed by atoms with van der Waals surface area (Å²) < 4.78 is 7.78. The summed E-state index contributed by atoms with van der Waals surface area (Å²) in [5, 5.41) is 0.640. The molecule has 6 nitrogen and oxygen atoms in total. The molecule has 2 aliphatic heterocycles. The number of morpholine rings is 1. The van der Waals surface area contributed by atoms with E-state index in [0.29, 0.717) is 18.0 Å². The van der Waals surface area contributed by atoms with E-state index in [4.69, 9.17) is 21.3 Å². The third kappa shape index (κ3) is 3.83. The number of para-hydroxylation sites is 2. The summed E-state index contributed by atoms with van der Waals surface area (Å²) in [6.45, 7) is 5.96. The lowest BCUT2D eigenvalue weighted by Crippen LogP contribution is -2.38. The number of anilines is 1. The van der Waals surface area contributed by atoms with Gasteiger partial charge in [0.25, 0.3) is 0 Å². The van der Waals surface area contributed by atoms with Crippen molar-refractivity contribution in [2.45, 2.75) is 18.9 Å². The maximum atomic E-state index is 12.8. The Hall–Kier alpha value is -2.41. The van der Waals surface area contributed by atoms with Crippen molar-refractivity contribution in [1.82, 2.24) is 14.5 Å². The molecule has 1 atom stereocenters. The summed E-state index contributed by atoms with van der Waals surface area (Å²) in [6.07, 6.45) is 0.466. The van der Waals surface area contributed by atoms with Gasteiger partial charge in [-0.1, -0.05) is 29.8 Å². The fraction of sp³-hybridized carbons (Fsp3) is 0.391. The van der Waals surface area contributed by atoms with E-state index in [1.54, 1.807) is 0 Å². The number of carbonyl (C=O) groups is 1. The predicted octanol–water partition coefficient (Wildman–Crippen LogP) is 3.54. The van der Waals surface area contributed by atoms with Crippen LogP contribution in [0.15, 0.2) is 48.5 Å². The molecule has 5 rings (SSSR count). The van der Waals surface area contributed by atoms with Gasteiger partial charge in [0.15, 0.2) is 0 Å². The number of amides is 1. The monoisotopic (exact) mass is 424 g/mol. The summed E-state index contributed by atoms with van der Waals surface area (Å²) in [5.41, 5.74) is 2.98. The third-order valence-electron chi connectivity index (χ3n) is 6.04. The van der Waals surface area contributed by atoms with E-state index in [-0.39, 0.29) is 11.8 Å². The lowest BCUT2D eigenvalue weighted by Gasteiger charge is -2.27. The summed E-state index contributed by atoms with van der Waals surface area (Å²) in [7, 11) is 0. The molecule has 1 aromatic heterocycles. The van der Waals surface area contributed by atoms with Crippen molar-refractivity contribution in [3.05, 3.63) is 59.4 Å². The molecule has 30 heavy (non-hydrogen) atoms. The number of hydrogen-bond donors (Lipinski definition) is 0. The van der Waals surface area contributed by atoms with Crippen LogP contribution in [-0.2, 0) is 16.1 Å². The molecule has 0 aliphatic carbocycles. The number of benzene rings is 2. The molecule has 2 fully saturated rings. The van der Waals surface area contributed by atoms with Gasteiger partial charge in [-0.05, 0) is 30.3 Å². The van der Waals surface area contributed by atoms with E-state index in [1.165, 1.54) is 0 Å². The van der Waals surface area contributed by atoms with Crippen molar-refractivity contribution < 1.29 is 9.53 Å². The molecule has 1 unspecified atom stereocenters. The maximum Gasteiger partial charge on any atom is 0.227 e. The molecule has 0 radical (unpaired) electrons. The van der Waals surface area contributed by atoms with Crippen molar-refractivity contribution >= 4 is 34.2 Å². The third-order valence-corrected chi connectivity index (χ3v) is 6.27. The van der Waals surface area contributed by atoms with E-state index in [2.05, 4.69) is 27.7 Å². The van der Waals surface area contributed by atoms with Gasteiger partial charge in [-0.15, -0.1) is 0 Å². The number of halogens is 1. The van der Waals surface area contributed by atoms with Gasteiger partial charge in [-0.3, -0.25) is 9.69 Å². The SMILES string of the molecule is O=C1CC(c2nc3ccccc3n2CCN2CCOCC2)CN1c1cccc(Cl)c1. The highest BCUT2D eigenvalue weighted by Gasteiger charge is 2.35. The Labute approximate surface area is 181 Å². The second kappa shape index (κ2) is 8.38. The Morgan fingerprint density at radius 2 is 1.90 bits per heavy atom. The minimum atomic E-state index is 0.0635. The highest BCUT2D eigenvalue weighted by molar-refractivity contribution is 6.30. The number of imidazole rings is 1. The van der Waals surface area contributed by atoms with Crippen LogP contribution in [0.5, 0.6) is 0 Å². The summed E-state index contributed by atoms with van der Waals surface area (Å²) >= 11 is 6.15. The average Bonchev–Trinajstić information content (AvgIpc) is 3.33. The highest BCUT2D eigenvalue weighted by atomic mass is 35.5. The average molecular weight is 425 g/mol. The first kappa shape index (κ1) is 19.5. The Balaban J connectivity index is 1.42. The molecule has 3 aromatic rings. The molecule has 1 amide bonds. The van der Waals surface area contributed by atoms with Gasteiger partial charge < -0.3 is 14.2 Å². The first-order chi connectivity index (χ1) is 14.7. The molecule has 0 bridgehead atoms. The number of rotatable bonds is 5. The van der Waals surface area contributed by atoms with Gasteiger partial charge in [-0.2, -0.15) is 0 Å². The zero-order valence-corrected chi connectivity index (χ0v) is 17.6. The van der Waals surface area contributed by atoms with Crippen LogP contribution in [0.3, 0.4) is 0 Å². The summed E-state index contributed by atoms with van der Waals surface area (Å²) in [5.74, 6) is 1.19. The highest BCUT2D eigenvalue weighted by Crippen LogP contribution is 2.34. The molecule has 2 aromatic carbocycles. The van der Waals surface area contributed by atoms with Crippen LogP contribution >= 0.6 is 11.6 Å². The van der Waals surface area contributed by atoms with Crippen LogP contribution in [0, 0.1) is 0 Å². The second-order valence-corrected chi connectivity index (χ2v) is 8.39.